The molecule has 0 aliphatic carbocycles. The van der Waals surface area contributed by atoms with Gasteiger partial charge in [0.1, 0.15) is 12.1 Å². The quantitative estimate of drug-likeness (QED) is 0.0607. The first-order chi connectivity index (χ1) is 16.8. The number of carbonyl (C=O) groups excluding carboxylic acids is 3. The Hall–Kier alpha value is -3.76. The van der Waals surface area contributed by atoms with E-state index in [-0.39, 0.29) is 25.3 Å². The van der Waals surface area contributed by atoms with Crippen molar-refractivity contribution in [1.29, 1.82) is 0 Å². The summed E-state index contributed by atoms with van der Waals surface area (Å²) in [6.45, 7) is 2.69. The average Bonchev–Trinajstić information content (AvgIpc) is 3.29. The number of aromatic nitrogens is 2. The molecular weight excluding hydrogens is 478 g/mol. The van der Waals surface area contributed by atoms with Crippen LogP contribution in [0.3, 0.4) is 0 Å². The van der Waals surface area contributed by atoms with Crippen LogP contribution in [0, 0.1) is 0 Å². The fraction of sp³-hybridized carbons (Fsp3) is 0.600. The van der Waals surface area contributed by atoms with Crippen LogP contribution < -0.4 is 33.2 Å². The highest BCUT2D eigenvalue weighted by atomic mass is 16.4. The van der Waals surface area contributed by atoms with Gasteiger partial charge in [0.25, 0.3) is 0 Å². The van der Waals surface area contributed by atoms with E-state index in [1.54, 1.807) is 0 Å². The topological polar surface area (TPSA) is 284 Å². The van der Waals surface area contributed by atoms with Gasteiger partial charge in [0.05, 0.1) is 24.6 Å². The summed E-state index contributed by atoms with van der Waals surface area (Å²) in [6, 6.07) is -5.49. The van der Waals surface area contributed by atoms with E-state index in [1.807, 2.05) is 0 Å². The number of aliphatic imine (C=N–C) groups is 1. The fourth-order valence-electron chi connectivity index (χ4n) is 3.05. The molecule has 1 heterocycles. The first-order valence-electron chi connectivity index (χ1n) is 11.1. The molecule has 16 heteroatoms. The van der Waals surface area contributed by atoms with Gasteiger partial charge in [-0.3, -0.25) is 19.4 Å². The number of H-pyrrole nitrogens is 1. The number of aromatic amines is 1. The third-order valence-corrected chi connectivity index (χ3v) is 5.03. The lowest BCUT2D eigenvalue weighted by molar-refractivity contribution is -0.145. The molecule has 1 aromatic rings. The number of carboxylic acids is 1. The van der Waals surface area contributed by atoms with Gasteiger partial charge < -0.3 is 53.5 Å². The van der Waals surface area contributed by atoms with Crippen LogP contribution in [0.25, 0.3) is 0 Å². The van der Waals surface area contributed by atoms with Crippen LogP contribution in [-0.4, -0.2) is 97.9 Å². The number of guanidine groups is 1. The third-order valence-electron chi connectivity index (χ3n) is 5.03. The van der Waals surface area contributed by atoms with Crippen LogP contribution in [0.1, 0.15) is 32.4 Å². The molecular formula is C20H35N9O7. The maximum Gasteiger partial charge on any atom is 0.328 e. The van der Waals surface area contributed by atoms with Gasteiger partial charge in [-0.15, -0.1) is 0 Å². The maximum absolute atomic E-state index is 12.9. The Labute approximate surface area is 207 Å². The molecule has 0 radical (unpaired) electrons. The molecule has 3 amide bonds. The van der Waals surface area contributed by atoms with Gasteiger partial charge >= 0.3 is 5.97 Å². The molecule has 16 nitrogen and oxygen atoms in total. The number of hydrogen-bond acceptors (Lipinski definition) is 9. The Morgan fingerprint density at radius 2 is 1.64 bits per heavy atom. The molecule has 0 aliphatic rings. The Kier molecular flexibility index (Phi) is 12.3. The number of amides is 3. The molecule has 0 fully saturated rings. The predicted octanol–water partition coefficient (Wildman–Crippen LogP) is -4.37. The standard InChI is InChI=1S/C20H35N9O7/c1-9(30)14(28-16(32)12(21)4-3-5-25-20(22)23)18(34)27-13(6-11-7-24-8-26-11)17(33)29-15(10(2)31)19(35)36/h7-10,12-15,30-31H,3-6,21H2,1-2H3,(H,24,26)(H,27,34)(H,28,32)(H,29,33)(H,35,36)(H4,22,23,25). The molecule has 202 valence electrons. The van der Waals surface area contributed by atoms with Crippen LogP contribution in [0.15, 0.2) is 17.5 Å². The monoisotopic (exact) mass is 513 g/mol. The second-order valence-electron chi connectivity index (χ2n) is 8.19. The minimum Gasteiger partial charge on any atom is -0.480 e. The highest BCUT2D eigenvalue weighted by molar-refractivity contribution is 5.94. The maximum atomic E-state index is 12.9. The fourth-order valence-corrected chi connectivity index (χ4v) is 3.05. The number of aliphatic hydroxyl groups excluding tert-OH is 2. The zero-order valence-electron chi connectivity index (χ0n) is 20.0. The van der Waals surface area contributed by atoms with Crippen molar-refractivity contribution in [3.63, 3.8) is 0 Å². The summed E-state index contributed by atoms with van der Waals surface area (Å²) >= 11 is 0. The van der Waals surface area contributed by atoms with Gasteiger partial charge in [-0.25, -0.2) is 9.78 Å². The summed E-state index contributed by atoms with van der Waals surface area (Å²) in [5.41, 5.74) is 16.7. The molecule has 13 N–H and O–H groups in total. The smallest absolute Gasteiger partial charge is 0.328 e. The number of nitrogens with two attached hydrogens (primary N) is 3. The van der Waals surface area contributed by atoms with E-state index in [4.69, 9.17) is 17.2 Å². The lowest BCUT2D eigenvalue weighted by Crippen LogP contribution is -2.60. The van der Waals surface area contributed by atoms with Crippen molar-refractivity contribution in [3.05, 3.63) is 18.2 Å². The minimum atomic E-state index is -1.64. The highest BCUT2D eigenvalue weighted by Crippen LogP contribution is 2.04. The van der Waals surface area contributed by atoms with Crippen LogP contribution in [0.5, 0.6) is 0 Å². The summed E-state index contributed by atoms with van der Waals surface area (Å²) in [5.74, 6) is -4.15. The second kappa shape index (κ2) is 14.6. The average molecular weight is 514 g/mol. The van der Waals surface area contributed by atoms with Crippen LogP contribution in [-0.2, 0) is 25.6 Å². The van der Waals surface area contributed by atoms with E-state index in [2.05, 4.69) is 30.9 Å². The summed E-state index contributed by atoms with van der Waals surface area (Å²) < 4.78 is 0. The molecule has 0 saturated heterocycles. The molecule has 0 aromatic carbocycles. The zero-order valence-corrected chi connectivity index (χ0v) is 20.0. The van der Waals surface area contributed by atoms with E-state index in [9.17, 15) is 34.5 Å². The number of aliphatic carboxylic acids is 1. The predicted molar refractivity (Wildman–Crippen MR) is 127 cm³/mol. The van der Waals surface area contributed by atoms with E-state index in [1.165, 1.54) is 26.4 Å². The number of carbonyl (C=O) groups is 4. The lowest BCUT2D eigenvalue weighted by atomic mass is 10.1. The van der Waals surface area contributed by atoms with Crippen molar-refractivity contribution in [2.75, 3.05) is 6.54 Å². The van der Waals surface area contributed by atoms with Crippen molar-refractivity contribution in [3.8, 4) is 0 Å². The molecule has 36 heavy (non-hydrogen) atoms. The van der Waals surface area contributed by atoms with Crippen molar-refractivity contribution < 1.29 is 34.5 Å². The van der Waals surface area contributed by atoms with Gasteiger partial charge in [0, 0.05) is 24.9 Å². The van der Waals surface area contributed by atoms with Crippen LogP contribution in [0.2, 0.25) is 0 Å². The Balaban J connectivity index is 2.94. The summed E-state index contributed by atoms with van der Waals surface area (Å²) in [6.07, 6.45) is 0.390. The van der Waals surface area contributed by atoms with Gasteiger partial charge in [-0.2, -0.15) is 0 Å². The van der Waals surface area contributed by atoms with Crippen molar-refractivity contribution in [1.82, 2.24) is 25.9 Å². The molecule has 0 aliphatic heterocycles. The van der Waals surface area contributed by atoms with Crippen molar-refractivity contribution >= 4 is 29.7 Å². The molecule has 6 atom stereocenters. The Bertz CT molecular complexity index is 901. The van der Waals surface area contributed by atoms with Crippen molar-refractivity contribution in [2.45, 2.75) is 69.5 Å². The zero-order chi connectivity index (χ0) is 27.4. The summed E-state index contributed by atoms with van der Waals surface area (Å²) in [5, 5.41) is 35.9. The number of imidazole rings is 1. The first-order valence-corrected chi connectivity index (χ1v) is 11.1. The first kappa shape index (κ1) is 30.3. The summed E-state index contributed by atoms with van der Waals surface area (Å²) in [7, 11) is 0. The number of hydrogen-bond donors (Lipinski definition) is 10. The van der Waals surface area contributed by atoms with E-state index >= 15 is 0 Å². The Morgan fingerprint density at radius 3 is 2.14 bits per heavy atom. The Morgan fingerprint density at radius 1 is 1.03 bits per heavy atom. The van der Waals surface area contributed by atoms with E-state index < -0.39 is 60.1 Å². The highest BCUT2D eigenvalue weighted by Gasteiger charge is 2.33. The van der Waals surface area contributed by atoms with Crippen LogP contribution >= 0.6 is 0 Å². The number of aliphatic hydroxyl groups is 2. The summed E-state index contributed by atoms with van der Waals surface area (Å²) in [4.78, 5) is 59.9. The molecule has 6 unspecified atom stereocenters. The number of nitrogens with one attached hydrogen (secondary N) is 4. The SMILES string of the molecule is CC(O)C(NC(=O)C(Cc1cnc[nH]1)NC(=O)C(NC(=O)C(N)CCCN=C(N)N)C(C)O)C(=O)O. The van der Waals surface area contributed by atoms with E-state index in [0.717, 1.165) is 0 Å². The molecule has 1 aromatic heterocycles. The van der Waals surface area contributed by atoms with Gasteiger partial charge in [0.2, 0.25) is 17.7 Å². The van der Waals surface area contributed by atoms with Crippen molar-refractivity contribution in [2.24, 2.45) is 22.2 Å². The molecule has 0 spiro atoms. The van der Waals surface area contributed by atoms with Gasteiger partial charge in [0.15, 0.2) is 12.0 Å². The normalized spacial score (nSPS) is 15.9. The molecule has 1 rings (SSSR count). The largest absolute Gasteiger partial charge is 0.480 e. The minimum absolute atomic E-state index is 0.101. The number of carboxylic acid groups (broad SMARTS) is 1. The molecule has 0 saturated carbocycles. The van der Waals surface area contributed by atoms with Gasteiger partial charge in [-0.1, -0.05) is 0 Å². The number of nitrogens with zero attached hydrogens (tertiary/aromatic N) is 2. The van der Waals surface area contributed by atoms with E-state index in [0.29, 0.717) is 12.1 Å². The van der Waals surface area contributed by atoms with Gasteiger partial charge in [-0.05, 0) is 26.7 Å². The lowest BCUT2D eigenvalue weighted by Gasteiger charge is -2.26. The van der Waals surface area contributed by atoms with Crippen LogP contribution in [0.4, 0.5) is 0 Å². The number of rotatable bonds is 15. The third kappa shape index (κ3) is 10.2. The second-order valence-corrected chi connectivity index (χ2v) is 8.19. The molecule has 0 bridgehead atoms.